The van der Waals surface area contributed by atoms with Gasteiger partial charge >= 0.3 is 6.36 Å². The first-order chi connectivity index (χ1) is 13.3. The molecule has 0 N–H and O–H groups in total. The van der Waals surface area contributed by atoms with Crippen LogP contribution >= 0.6 is 0 Å². The first-order valence-electron chi connectivity index (χ1n) is 8.81. The highest BCUT2D eigenvalue weighted by Gasteiger charge is 2.31. The molecule has 2 aromatic heterocycles. The predicted octanol–water partition coefficient (Wildman–Crippen LogP) is 4.47. The van der Waals surface area contributed by atoms with Crippen molar-refractivity contribution in [1.82, 2.24) is 25.0 Å². The van der Waals surface area contributed by atoms with E-state index in [1.54, 1.807) is 11.6 Å². The largest absolute Gasteiger partial charge is 0.573 e. The summed E-state index contributed by atoms with van der Waals surface area (Å²) in [4.78, 5) is 9.05. The van der Waals surface area contributed by atoms with Crippen molar-refractivity contribution in [1.29, 1.82) is 0 Å². The zero-order chi connectivity index (χ0) is 20.5. The van der Waals surface area contributed by atoms with Gasteiger partial charge in [0.1, 0.15) is 11.5 Å². The number of nitrogens with zero attached hydrogens (tertiary/aromatic N) is 5. The summed E-state index contributed by atoms with van der Waals surface area (Å²) in [5, 5.41) is 8.25. The third kappa shape index (κ3) is 3.85. The molecule has 0 atom stereocenters. The van der Waals surface area contributed by atoms with Crippen LogP contribution in [0.1, 0.15) is 38.4 Å². The first kappa shape index (κ1) is 19.8. The maximum atomic E-state index is 12.6. The van der Waals surface area contributed by atoms with Gasteiger partial charge in [-0.25, -0.2) is 14.6 Å². The van der Waals surface area contributed by atoms with Crippen LogP contribution in [0.2, 0.25) is 0 Å². The van der Waals surface area contributed by atoms with Crippen LogP contribution in [-0.4, -0.2) is 38.4 Å². The molecule has 1 aromatic carbocycles. The van der Waals surface area contributed by atoms with Crippen LogP contribution in [0.25, 0.3) is 22.6 Å². The fourth-order valence-electron chi connectivity index (χ4n) is 3.06. The molecule has 0 aliphatic rings. The highest BCUT2D eigenvalue weighted by atomic mass is 19.4. The second-order valence-corrected chi connectivity index (χ2v) is 6.22. The Balaban J connectivity index is 2.13. The van der Waals surface area contributed by atoms with Gasteiger partial charge in [0.15, 0.2) is 5.65 Å². The molecule has 3 aromatic rings. The molecule has 2 heterocycles. The number of hydrogen-bond acceptors (Lipinski definition) is 6. The second-order valence-electron chi connectivity index (χ2n) is 6.22. The standard InChI is InChI=1S/C18H20F3N5O2/c1-5-11(6-2)26-17-16(24-25-26)23-15(10(3)22-17)13-9-12(28-18(19,20)21)7-8-14(13)27-4/h7-9,11H,5-6H2,1-4H3. The van der Waals surface area contributed by atoms with Gasteiger partial charge in [0.05, 0.1) is 24.5 Å². The van der Waals surface area contributed by atoms with Crippen molar-refractivity contribution in [3.05, 3.63) is 23.9 Å². The van der Waals surface area contributed by atoms with E-state index in [1.807, 2.05) is 13.8 Å². The first-order valence-corrected chi connectivity index (χ1v) is 8.81. The fraction of sp³-hybridized carbons (Fsp3) is 0.444. The van der Waals surface area contributed by atoms with Crippen LogP contribution in [0.5, 0.6) is 11.5 Å². The molecule has 0 aliphatic heterocycles. The van der Waals surface area contributed by atoms with Crippen molar-refractivity contribution in [2.75, 3.05) is 7.11 Å². The Morgan fingerprint density at radius 1 is 1.14 bits per heavy atom. The molecule has 10 heteroatoms. The number of benzene rings is 1. The van der Waals surface area contributed by atoms with Crippen molar-refractivity contribution < 1.29 is 22.6 Å². The zero-order valence-electron chi connectivity index (χ0n) is 15.9. The van der Waals surface area contributed by atoms with Gasteiger partial charge < -0.3 is 9.47 Å². The van der Waals surface area contributed by atoms with Crippen LogP contribution in [0, 0.1) is 6.92 Å². The lowest BCUT2D eigenvalue weighted by molar-refractivity contribution is -0.274. The molecule has 0 saturated heterocycles. The Labute approximate surface area is 159 Å². The molecule has 3 rings (SSSR count). The molecule has 0 radical (unpaired) electrons. The molecule has 0 bridgehead atoms. The average Bonchev–Trinajstić information content (AvgIpc) is 3.03. The molecule has 0 aliphatic carbocycles. The van der Waals surface area contributed by atoms with Gasteiger partial charge in [-0.15, -0.1) is 18.3 Å². The lowest BCUT2D eigenvalue weighted by Gasteiger charge is -2.15. The summed E-state index contributed by atoms with van der Waals surface area (Å²) in [6.07, 6.45) is -3.07. The summed E-state index contributed by atoms with van der Waals surface area (Å²) >= 11 is 0. The van der Waals surface area contributed by atoms with Crippen LogP contribution < -0.4 is 9.47 Å². The van der Waals surface area contributed by atoms with Gasteiger partial charge in [0, 0.05) is 5.56 Å². The highest BCUT2D eigenvalue weighted by Crippen LogP contribution is 2.36. The molecule has 0 unspecified atom stereocenters. The summed E-state index contributed by atoms with van der Waals surface area (Å²) in [5.74, 6) is -0.0241. The number of rotatable bonds is 6. The van der Waals surface area contributed by atoms with Crippen LogP contribution in [0.4, 0.5) is 13.2 Å². The Morgan fingerprint density at radius 3 is 2.46 bits per heavy atom. The molecular weight excluding hydrogens is 375 g/mol. The normalized spacial score (nSPS) is 12.0. The average molecular weight is 395 g/mol. The molecule has 7 nitrogen and oxygen atoms in total. The van der Waals surface area contributed by atoms with Gasteiger partial charge in [-0.05, 0) is 38.0 Å². The maximum Gasteiger partial charge on any atom is 0.573 e. The Bertz CT molecular complexity index is 983. The maximum absolute atomic E-state index is 12.6. The summed E-state index contributed by atoms with van der Waals surface area (Å²) in [6.45, 7) is 5.82. The number of fused-ring (bicyclic) bond motifs is 1. The lowest BCUT2D eigenvalue weighted by Crippen LogP contribution is -2.17. The number of methoxy groups -OCH3 is 1. The number of hydrogen-bond donors (Lipinski definition) is 0. The van der Waals surface area contributed by atoms with Crippen LogP contribution in [0.15, 0.2) is 18.2 Å². The monoisotopic (exact) mass is 395 g/mol. The van der Waals surface area contributed by atoms with E-state index in [1.165, 1.54) is 25.3 Å². The second kappa shape index (κ2) is 7.61. The number of alkyl halides is 3. The molecule has 150 valence electrons. The van der Waals surface area contributed by atoms with Crippen molar-refractivity contribution in [2.24, 2.45) is 0 Å². The quantitative estimate of drug-likeness (QED) is 0.613. The zero-order valence-corrected chi connectivity index (χ0v) is 15.9. The van der Waals surface area contributed by atoms with Crippen molar-refractivity contribution in [3.8, 4) is 22.8 Å². The third-order valence-corrected chi connectivity index (χ3v) is 4.43. The minimum atomic E-state index is -4.80. The van der Waals surface area contributed by atoms with E-state index in [4.69, 9.17) is 4.74 Å². The summed E-state index contributed by atoms with van der Waals surface area (Å²) < 4.78 is 48.8. The van der Waals surface area contributed by atoms with E-state index >= 15 is 0 Å². The summed E-state index contributed by atoms with van der Waals surface area (Å²) in [5.41, 5.74) is 2.06. The SMILES string of the molecule is CCC(CC)n1nnc2nc(-c3cc(OC(F)(F)F)ccc3OC)c(C)nc21. The molecule has 0 spiro atoms. The van der Waals surface area contributed by atoms with E-state index < -0.39 is 6.36 Å². The third-order valence-electron chi connectivity index (χ3n) is 4.43. The van der Waals surface area contributed by atoms with E-state index in [2.05, 4.69) is 25.0 Å². The molecular formula is C18H20F3N5O2. The van der Waals surface area contributed by atoms with Crippen LogP contribution in [0.3, 0.4) is 0 Å². The van der Waals surface area contributed by atoms with Gasteiger partial charge in [-0.1, -0.05) is 19.1 Å². The van der Waals surface area contributed by atoms with E-state index in [-0.39, 0.29) is 11.8 Å². The predicted molar refractivity (Wildman–Crippen MR) is 96.1 cm³/mol. The molecule has 0 saturated carbocycles. The topological polar surface area (TPSA) is 75.0 Å². The number of ether oxygens (including phenoxy) is 2. The fourth-order valence-corrected chi connectivity index (χ4v) is 3.06. The molecule has 28 heavy (non-hydrogen) atoms. The Kier molecular flexibility index (Phi) is 5.39. The van der Waals surface area contributed by atoms with Gasteiger partial charge in [-0.3, -0.25) is 0 Å². The van der Waals surface area contributed by atoms with Crippen molar-refractivity contribution in [3.63, 3.8) is 0 Å². The van der Waals surface area contributed by atoms with E-state index in [9.17, 15) is 13.2 Å². The van der Waals surface area contributed by atoms with Crippen LogP contribution in [-0.2, 0) is 0 Å². The number of aromatic nitrogens is 5. The van der Waals surface area contributed by atoms with Crippen molar-refractivity contribution in [2.45, 2.75) is 46.0 Å². The van der Waals surface area contributed by atoms with E-state index in [0.717, 1.165) is 12.8 Å². The molecule has 0 amide bonds. The van der Waals surface area contributed by atoms with Gasteiger partial charge in [-0.2, -0.15) is 0 Å². The smallest absolute Gasteiger partial charge is 0.496 e. The number of halogens is 3. The van der Waals surface area contributed by atoms with Crippen molar-refractivity contribution >= 4 is 11.3 Å². The van der Waals surface area contributed by atoms with E-state index in [0.29, 0.717) is 34.0 Å². The van der Waals surface area contributed by atoms with Gasteiger partial charge in [0.25, 0.3) is 0 Å². The number of aryl methyl sites for hydroxylation is 1. The highest BCUT2D eigenvalue weighted by molar-refractivity contribution is 5.76. The summed E-state index contributed by atoms with van der Waals surface area (Å²) in [6, 6.07) is 3.94. The minimum absolute atomic E-state index is 0.141. The Morgan fingerprint density at radius 2 is 1.86 bits per heavy atom. The molecule has 0 fully saturated rings. The lowest BCUT2D eigenvalue weighted by atomic mass is 10.1. The summed E-state index contributed by atoms with van der Waals surface area (Å²) in [7, 11) is 1.42. The minimum Gasteiger partial charge on any atom is -0.496 e. The Hall–Kier alpha value is -2.91. The van der Waals surface area contributed by atoms with Gasteiger partial charge in [0.2, 0.25) is 5.65 Å².